The Morgan fingerprint density at radius 2 is 1.58 bits per heavy atom. The van der Waals surface area contributed by atoms with E-state index < -0.39 is 0 Å². The fraction of sp³-hybridized carbons (Fsp3) is 0.241. The number of thiophene rings is 1. The standard InChI is InChI=1S/C29H29FN2O3S/c1-22-9-15-27(36-22)20-31(18-24-10-13-25(30)14-11-24)29(34)21-32(19-26-8-5-17-35-26)28(33)16-12-23-6-3-2-4-7-23/h2-11,13-15,17H,12,16,18-21H2,1H3. The summed E-state index contributed by atoms with van der Waals surface area (Å²) in [6, 6.07) is 23.6. The van der Waals surface area contributed by atoms with Crippen LogP contribution < -0.4 is 0 Å². The minimum absolute atomic E-state index is 0.0696. The minimum Gasteiger partial charge on any atom is -0.467 e. The number of amides is 2. The number of halogens is 1. The number of nitrogens with zero attached hydrogens (tertiary/aromatic N) is 2. The number of furan rings is 1. The van der Waals surface area contributed by atoms with E-state index in [-0.39, 0.29) is 30.7 Å². The van der Waals surface area contributed by atoms with Crippen molar-refractivity contribution in [3.05, 3.63) is 118 Å². The summed E-state index contributed by atoms with van der Waals surface area (Å²) in [6.07, 6.45) is 2.44. The Kier molecular flexibility index (Phi) is 8.68. The molecule has 0 N–H and O–H groups in total. The van der Waals surface area contributed by atoms with Gasteiger partial charge in [0, 0.05) is 22.7 Å². The monoisotopic (exact) mass is 504 g/mol. The number of aryl methyl sites for hydroxylation is 2. The van der Waals surface area contributed by atoms with Crippen molar-refractivity contribution in [1.29, 1.82) is 0 Å². The summed E-state index contributed by atoms with van der Waals surface area (Å²) in [5.74, 6) is 0.0104. The van der Waals surface area contributed by atoms with Gasteiger partial charge in [0.15, 0.2) is 0 Å². The van der Waals surface area contributed by atoms with E-state index >= 15 is 0 Å². The zero-order chi connectivity index (χ0) is 25.3. The molecule has 2 aromatic heterocycles. The van der Waals surface area contributed by atoms with Gasteiger partial charge < -0.3 is 14.2 Å². The van der Waals surface area contributed by atoms with E-state index in [0.717, 1.165) is 20.9 Å². The number of benzene rings is 2. The van der Waals surface area contributed by atoms with Gasteiger partial charge in [0.05, 0.1) is 19.4 Å². The predicted octanol–water partition coefficient (Wildman–Crippen LogP) is 5.98. The molecule has 186 valence electrons. The van der Waals surface area contributed by atoms with Crippen LogP contribution in [0, 0.1) is 12.7 Å². The highest BCUT2D eigenvalue weighted by atomic mass is 32.1. The second kappa shape index (κ2) is 12.3. The molecular weight excluding hydrogens is 475 g/mol. The molecule has 4 aromatic rings. The van der Waals surface area contributed by atoms with Crippen molar-refractivity contribution >= 4 is 23.2 Å². The lowest BCUT2D eigenvalue weighted by atomic mass is 10.1. The molecule has 0 fully saturated rings. The highest BCUT2D eigenvalue weighted by Gasteiger charge is 2.23. The van der Waals surface area contributed by atoms with Crippen LogP contribution in [0.2, 0.25) is 0 Å². The predicted molar refractivity (Wildman–Crippen MR) is 139 cm³/mol. The van der Waals surface area contributed by atoms with Gasteiger partial charge in [-0.1, -0.05) is 42.5 Å². The van der Waals surface area contributed by atoms with Crippen LogP contribution in [0.3, 0.4) is 0 Å². The van der Waals surface area contributed by atoms with E-state index in [1.165, 1.54) is 12.1 Å². The van der Waals surface area contributed by atoms with E-state index in [9.17, 15) is 14.0 Å². The Labute approximate surface area is 214 Å². The Morgan fingerprint density at radius 3 is 2.25 bits per heavy atom. The fourth-order valence-electron chi connectivity index (χ4n) is 3.94. The largest absolute Gasteiger partial charge is 0.467 e. The highest BCUT2D eigenvalue weighted by Crippen LogP contribution is 2.20. The van der Waals surface area contributed by atoms with Gasteiger partial charge in [-0.3, -0.25) is 9.59 Å². The van der Waals surface area contributed by atoms with Crippen LogP contribution in [-0.4, -0.2) is 28.2 Å². The number of hydrogen-bond donors (Lipinski definition) is 0. The lowest BCUT2D eigenvalue weighted by Gasteiger charge is -2.27. The molecule has 0 aliphatic rings. The summed E-state index contributed by atoms with van der Waals surface area (Å²) in [5.41, 5.74) is 1.90. The van der Waals surface area contributed by atoms with Crippen LogP contribution >= 0.6 is 11.3 Å². The number of carbonyl (C=O) groups is 2. The van der Waals surface area contributed by atoms with Crippen LogP contribution in [0.1, 0.15) is 33.1 Å². The van der Waals surface area contributed by atoms with Crippen molar-refractivity contribution in [3.63, 3.8) is 0 Å². The Morgan fingerprint density at radius 1 is 0.806 bits per heavy atom. The molecule has 5 nitrogen and oxygen atoms in total. The van der Waals surface area contributed by atoms with Crippen LogP contribution in [-0.2, 0) is 35.6 Å². The topological polar surface area (TPSA) is 53.8 Å². The van der Waals surface area contributed by atoms with E-state index in [1.54, 1.807) is 51.7 Å². The lowest BCUT2D eigenvalue weighted by molar-refractivity contribution is -0.142. The first-order chi connectivity index (χ1) is 17.5. The summed E-state index contributed by atoms with van der Waals surface area (Å²) in [6.45, 7) is 2.91. The maximum atomic E-state index is 13.6. The molecule has 0 spiro atoms. The van der Waals surface area contributed by atoms with Crippen molar-refractivity contribution in [2.75, 3.05) is 6.54 Å². The number of carbonyl (C=O) groups excluding carboxylic acids is 2. The molecule has 36 heavy (non-hydrogen) atoms. The van der Waals surface area contributed by atoms with E-state index in [0.29, 0.717) is 31.7 Å². The van der Waals surface area contributed by atoms with Gasteiger partial charge in [-0.25, -0.2) is 4.39 Å². The van der Waals surface area contributed by atoms with E-state index in [1.807, 2.05) is 49.4 Å². The first kappa shape index (κ1) is 25.4. The summed E-state index contributed by atoms with van der Waals surface area (Å²) >= 11 is 1.63. The highest BCUT2D eigenvalue weighted by molar-refractivity contribution is 7.11. The quantitative estimate of drug-likeness (QED) is 0.253. The maximum absolute atomic E-state index is 13.6. The smallest absolute Gasteiger partial charge is 0.242 e. The van der Waals surface area contributed by atoms with Gasteiger partial charge in [-0.15, -0.1) is 11.3 Å². The summed E-state index contributed by atoms with van der Waals surface area (Å²) in [7, 11) is 0. The van der Waals surface area contributed by atoms with Gasteiger partial charge in [-0.05, 0) is 60.9 Å². The average Bonchev–Trinajstić information content (AvgIpc) is 3.55. The lowest BCUT2D eigenvalue weighted by Crippen LogP contribution is -2.42. The molecule has 0 radical (unpaired) electrons. The Bertz CT molecular complexity index is 1250. The molecule has 0 unspecified atom stereocenters. The third-order valence-corrected chi connectivity index (χ3v) is 6.84. The fourth-order valence-corrected chi connectivity index (χ4v) is 4.85. The van der Waals surface area contributed by atoms with E-state index in [2.05, 4.69) is 0 Å². The molecule has 4 rings (SSSR count). The molecule has 0 saturated heterocycles. The average molecular weight is 505 g/mol. The Hall–Kier alpha value is -3.71. The normalized spacial score (nSPS) is 10.8. The van der Waals surface area contributed by atoms with Gasteiger partial charge in [-0.2, -0.15) is 0 Å². The van der Waals surface area contributed by atoms with E-state index in [4.69, 9.17) is 4.42 Å². The molecule has 0 aliphatic heterocycles. The molecule has 2 heterocycles. The van der Waals surface area contributed by atoms with Gasteiger partial charge >= 0.3 is 0 Å². The maximum Gasteiger partial charge on any atom is 0.242 e. The van der Waals surface area contributed by atoms with Crippen molar-refractivity contribution in [2.24, 2.45) is 0 Å². The van der Waals surface area contributed by atoms with Gasteiger partial charge in [0.1, 0.15) is 18.1 Å². The van der Waals surface area contributed by atoms with Crippen molar-refractivity contribution in [1.82, 2.24) is 9.80 Å². The molecule has 0 aliphatic carbocycles. The number of rotatable bonds is 11. The first-order valence-electron chi connectivity index (χ1n) is 11.9. The SMILES string of the molecule is Cc1ccc(CN(Cc2ccc(F)cc2)C(=O)CN(Cc2ccco2)C(=O)CCc2ccccc2)s1. The Balaban J connectivity index is 1.50. The molecule has 2 aromatic carbocycles. The van der Waals surface area contributed by atoms with Crippen LogP contribution in [0.15, 0.2) is 89.5 Å². The van der Waals surface area contributed by atoms with Crippen molar-refractivity contribution < 1.29 is 18.4 Å². The van der Waals surface area contributed by atoms with Crippen molar-refractivity contribution in [2.45, 2.75) is 39.4 Å². The zero-order valence-corrected chi connectivity index (χ0v) is 21.0. The second-order valence-electron chi connectivity index (χ2n) is 8.70. The molecule has 7 heteroatoms. The van der Waals surface area contributed by atoms with Gasteiger partial charge in [0.2, 0.25) is 11.8 Å². The molecule has 0 atom stereocenters. The van der Waals surface area contributed by atoms with Crippen LogP contribution in [0.25, 0.3) is 0 Å². The third-order valence-electron chi connectivity index (χ3n) is 5.86. The van der Waals surface area contributed by atoms with Crippen molar-refractivity contribution in [3.8, 4) is 0 Å². The summed E-state index contributed by atoms with van der Waals surface area (Å²) in [4.78, 5) is 32.3. The van der Waals surface area contributed by atoms with Gasteiger partial charge in [0.25, 0.3) is 0 Å². The molecule has 0 bridgehead atoms. The summed E-state index contributed by atoms with van der Waals surface area (Å²) in [5, 5.41) is 0. The number of hydrogen-bond acceptors (Lipinski definition) is 4. The second-order valence-corrected chi connectivity index (χ2v) is 10.1. The zero-order valence-electron chi connectivity index (χ0n) is 20.2. The molecule has 0 saturated carbocycles. The minimum atomic E-state index is -0.320. The van der Waals surface area contributed by atoms with Crippen LogP contribution in [0.5, 0.6) is 0 Å². The van der Waals surface area contributed by atoms with Crippen LogP contribution in [0.4, 0.5) is 4.39 Å². The third kappa shape index (κ3) is 7.39. The molecule has 2 amide bonds. The summed E-state index contributed by atoms with van der Waals surface area (Å²) < 4.78 is 18.9. The molecular formula is C29H29FN2O3S. The first-order valence-corrected chi connectivity index (χ1v) is 12.7.